The number of nitrogens with one attached hydrogen (secondary N) is 1. The standard InChI is InChI=1S/C23H35ClFN6O6PS2/c1-13(2)36-19(32)14(3)30-38(39,34-7-8-40-21(33)22(4,5)6)35-10-15-9-23(24,25)20(37-15)31-12-29-16-17(26)27-11-28-18(16)31/h11-15,20H,7-10H2,1-6H3,(H,30,39)(H2,26,27,28)/t14?,15-,20+,23+,38?/m0/s1. The van der Waals surface area contributed by atoms with Crippen LogP contribution in [-0.2, 0) is 39.9 Å². The summed E-state index contributed by atoms with van der Waals surface area (Å²) in [6, 6.07) is -0.856. The van der Waals surface area contributed by atoms with Crippen molar-refractivity contribution in [2.45, 2.75) is 77.6 Å². The van der Waals surface area contributed by atoms with Crippen LogP contribution in [0.25, 0.3) is 11.2 Å². The van der Waals surface area contributed by atoms with Gasteiger partial charge in [-0.2, -0.15) is 0 Å². The van der Waals surface area contributed by atoms with Gasteiger partial charge in [-0.25, -0.2) is 24.4 Å². The number of carbonyl (C=O) groups is 2. The molecule has 0 aromatic carbocycles. The van der Waals surface area contributed by atoms with Gasteiger partial charge in [0.15, 0.2) is 22.8 Å². The molecule has 0 saturated carbocycles. The predicted octanol–water partition coefficient (Wildman–Crippen LogP) is 4.09. The average molecular weight is 641 g/mol. The molecular formula is C23H35ClFN6O6PS2. The number of halogens is 2. The largest absolute Gasteiger partial charge is 0.462 e. The lowest BCUT2D eigenvalue weighted by Gasteiger charge is -2.27. The van der Waals surface area contributed by atoms with Crippen LogP contribution in [0.15, 0.2) is 12.7 Å². The van der Waals surface area contributed by atoms with Gasteiger partial charge in [0.05, 0.1) is 31.7 Å². The zero-order chi connectivity index (χ0) is 29.9. The van der Waals surface area contributed by atoms with Crippen molar-refractivity contribution in [2.24, 2.45) is 5.41 Å². The molecule has 1 fully saturated rings. The van der Waals surface area contributed by atoms with Crippen molar-refractivity contribution in [1.29, 1.82) is 0 Å². The molecule has 3 N–H and O–H groups in total. The van der Waals surface area contributed by atoms with E-state index < -0.39 is 41.5 Å². The van der Waals surface area contributed by atoms with Gasteiger partial charge in [-0.15, -0.1) is 0 Å². The monoisotopic (exact) mass is 640 g/mol. The molecule has 12 nitrogen and oxygen atoms in total. The SMILES string of the molecule is CC(C)OC(=O)C(C)NP(=S)(OCCSC(=O)C(C)(C)C)OC[C@@H]1C[C@](F)(Cl)[C@H](n2cnc3c(N)ncnc32)O1. The Kier molecular flexibility index (Phi) is 10.9. The Morgan fingerprint density at radius 3 is 2.70 bits per heavy atom. The van der Waals surface area contributed by atoms with Gasteiger partial charge in [-0.05, 0) is 32.6 Å². The van der Waals surface area contributed by atoms with Crippen LogP contribution in [0.3, 0.4) is 0 Å². The van der Waals surface area contributed by atoms with E-state index in [2.05, 4.69) is 20.0 Å². The van der Waals surface area contributed by atoms with E-state index in [-0.39, 0.29) is 47.8 Å². The van der Waals surface area contributed by atoms with Crippen LogP contribution in [0.2, 0.25) is 0 Å². The van der Waals surface area contributed by atoms with E-state index in [0.29, 0.717) is 5.75 Å². The van der Waals surface area contributed by atoms with Crippen LogP contribution in [0, 0.1) is 5.41 Å². The Hall–Kier alpha value is -1.45. The predicted molar refractivity (Wildman–Crippen MR) is 155 cm³/mol. The number of aromatic nitrogens is 4. The van der Waals surface area contributed by atoms with Gasteiger partial charge in [-0.3, -0.25) is 14.2 Å². The molecule has 2 unspecified atom stereocenters. The number of ether oxygens (including phenoxy) is 2. The third-order valence-electron chi connectivity index (χ3n) is 5.50. The van der Waals surface area contributed by atoms with Gasteiger partial charge < -0.3 is 24.3 Å². The molecule has 17 heteroatoms. The number of imidazole rings is 1. The Morgan fingerprint density at radius 2 is 2.05 bits per heavy atom. The maximum Gasteiger partial charge on any atom is 0.323 e. The molecule has 0 radical (unpaired) electrons. The Morgan fingerprint density at radius 1 is 1.35 bits per heavy atom. The molecule has 3 rings (SSSR count). The first-order chi connectivity index (χ1) is 18.5. The van der Waals surface area contributed by atoms with Crippen molar-refractivity contribution in [3.63, 3.8) is 0 Å². The molecule has 0 spiro atoms. The van der Waals surface area contributed by atoms with Crippen LogP contribution in [-0.4, -0.2) is 72.9 Å². The first-order valence-corrected chi connectivity index (χ1v) is 16.5. The fourth-order valence-electron chi connectivity index (χ4n) is 3.57. The minimum absolute atomic E-state index is 0.00185. The van der Waals surface area contributed by atoms with Crippen molar-refractivity contribution in [2.75, 3.05) is 24.7 Å². The summed E-state index contributed by atoms with van der Waals surface area (Å²) in [6.07, 6.45) is -0.123. The topological polar surface area (TPSA) is 153 Å². The Labute approximate surface area is 246 Å². The molecular weight excluding hydrogens is 606 g/mol. The lowest BCUT2D eigenvalue weighted by molar-refractivity contribution is -0.149. The minimum Gasteiger partial charge on any atom is -0.462 e. The fraction of sp³-hybridized carbons (Fsp3) is 0.696. The van der Waals surface area contributed by atoms with Crippen LogP contribution < -0.4 is 10.8 Å². The van der Waals surface area contributed by atoms with Crippen LogP contribution in [0.5, 0.6) is 0 Å². The lowest BCUT2D eigenvalue weighted by Crippen LogP contribution is -2.36. The molecule has 40 heavy (non-hydrogen) atoms. The van der Waals surface area contributed by atoms with E-state index in [9.17, 15) is 9.59 Å². The van der Waals surface area contributed by atoms with Crippen molar-refractivity contribution >= 4 is 69.9 Å². The average Bonchev–Trinajstić information content (AvgIpc) is 3.40. The van der Waals surface area contributed by atoms with E-state index in [1.165, 1.54) is 17.2 Å². The summed E-state index contributed by atoms with van der Waals surface area (Å²) in [7, 11) is 0. The second-order valence-electron chi connectivity index (χ2n) is 10.5. The number of esters is 1. The normalized spacial score (nSPS) is 23.8. The van der Waals surface area contributed by atoms with Crippen molar-refractivity contribution in [1.82, 2.24) is 24.6 Å². The molecule has 0 aliphatic carbocycles. The molecule has 3 heterocycles. The van der Waals surface area contributed by atoms with Gasteiger partial charge in [0.25, 0.3) is 6.64 Å². The van der Waals surface area contributed by atoms with Gasteiger partial charge >= 0.3 is 5.97 Å². The second kappa shape index (κ2) is 13.2. The molecule has 0 amide bonds. The first-order valence-electron chi connectivity index (χ1n) is 12.5. The van der Waals surface area contributed by atoms with E-state index in [1.807, 2.05) is 20.8 Å². The van der Waals surface area contributed by atoms with Crippen LogP contribution in [0.4, 0.5) is 10.2 Å². The number of hydrogen-bond donors (Lipinski definition) is 2. The Balaban J connectivity index is 1.69. The fourth-order valence-corrected chi connectivity index (χ4v) is 7.18. The molecule has 1 aliphatic heterocycles. The second-order valence-corrected chi connectivity index (χ2v) is 15.4. The highest BCUT2D eigenvalue weighted by Gasteiger charge is 2.50. The summed E-state index contributed by atoms with van der Waals surface area (Å²) in [5, 5.41) is 0.590. The number of nitrogens with zero attached hydrogens (tertiary/aromatic N) is 4. The van der Waals surface area contributed by atoms with E-state index in [0.717, 1.165) is 11.8 Å². The summed E-state index contributed by atoms with van der Waals surface area (Å²) >= 11 is 13.0. The smallest absolute Gasteiger partial charge is 0.323 e. The van der Waals surface area contributed by atoms with Crippen molar-refractivity contribution in [3.05, 3.63) is 12.7 Å². The minimum atomic E-state index is -3.34. The zero-order valence-corrected chi connectivity index (χ0v) is 26.4. The number of rotatable bonds is 12. The highest BCUT2D eigenvalue weighted by Crippen LogP contribution is 2.49. The van der Waals surface area contributed by atoms with Crippen LogP contribution >= 0.6 is 30.0 Å². The maximum atomic E-state index is 15.5. The molecule has 1 saturated heterocycles. The third-order valence-corrected chi connectivity index (χ3v) is 9.75. The molecule has 5 atom stereocenters. The summed E-state index contributed by atoms with van der Waals surface area (Å²) in [5.74, 6) is -0.0833. The summed E-state index contributed by atoms with van der Waals surface area (Å²) in [6.45, 7) is 7.04. The quantitative estimate of drug-likeness (QED) is 0.148. The third kappa shape index (κ3) is 8.54. The molecule has 2 aromatic heterocycles. The highest BCUT2D eigenvalue weighted by molar-refractivity contribution is 8.13. The van der Waals surface area contributed by atoms with Gasteiger partial charge in [0.1, 0.15) is 17.9 Å². The number of nitrogen functional groups attached to an aromatic ring is 1. The highest BCUT2D eigenvalue weighted by atomic mass is 35.5. The number of carbonyl (C=O) groups excluding carboxylic acids is 2. The van der Waals surface area contributed by atoms with Crippen molar-refractivity contribution in [3.8, 4) is 0 Å². The number of anilines is 1. The van der Waals surface area contributed by atoms with Gasteiger partial charge in [0.2, 0.25) is 5.13 Å². The number of alkyl halides is 2. The number of nitrogens with two attached hydrogens (primary N) is 1. The molecule has 1 aliphatic rings. The maximum absolute atomic E-state index is 15.5. The van der Waals surface area contributed by atoms with E-state index in [4.69, 9.17) is 47.7 Å². The Bertz CT molecular complexity index is 1260. The van der Waals surface area contributed by atoms with Crippen molar-refractivity contribution < 1.29 is 32.5 Å². The summed E-state index contributed by atoms with van der Waals surface area (Å²) in [4.78, 5) is 36.8. The first kappa shape index (κ1) is 33.1. The lowest BCUT2D eigenvalue weighted by atomic mass is 10.00. The number of thioether (sulfide) groups is 1. The molecule has 0 bridgehead atoms. The van der Waals surface area contributed by atoms with E-state index >= 15 is 4.39 Å². The summed E-state index contributed by atoms with van der Waals surface area (Å²) < 4.78 is 39.8. The molecule has 224 valence electrons. The number of hydrogen-bond acceptors (Lipinski definition) is 12. The van der Waals surface area contributed by atoms with Crippen LogP contribution in [0.1, 0.15) is 54.2 Å². The van der Waals surface area contributed by atoms with Gasteiger partial charge in [-0.1, -0.05) is 44.1 Å². The van der Waals surface area contributed by atoms with E-state index in [1.54, 1.807) is 20.8 Å². The number of fused-ring (bicyclic) bond motifs is 1. The summed E-state index contributed by atoms with van der Waals surface area (Å²) in [5.41, 5.74) is 5.88. The molecule has 2 aromatic rings. The van der Waals surface area contributed by atoms with Gasteiger partial charge in [0, 0.05) is 17.6 Å². The zero-order valence-electron chi connectivity index (χ0n) is 23.1.